The highest BCUT2D eigenvalue weighted by molar-refractivity contribution is 7.89. The highest BCUT2D eigenvalue weighted by Gasteiger charge is 2.22. The lowest BCUT2D eigenvalue weighted by Crippen LogP contribution is -2.35. The number of fused-ring (bicyclic) bond motifs is 1. The lowest BCUT2D eigenvalue weighted by Gasteiger charge is -2.19. The Balaban J connectivity index is 0.00000149. The van der Waals surface area contributed by atoms with Gasteiger partial charge >= 0.3 is 0 Å². The maximum Gasteiger partial charge on any atom is 0.241 e. The average Bonchev–Trinajstić information content (AvgIpc) is 3.50. The maximum absolute atomic E-state index is 13.2. The van der Waals surface area contributed by atoms with Gasteiger partial charge in [-0.25, -0.2) is 18.1 Å². The fourth-order valence-corrected chi connectivity index (χ4v) is 5.36. The molecule has 0 aliphatic heterocycles. The normalized spacial score (nSPS) is 12.4. The number of hydrogen-bond acceptors (Lipinski definition) is 5. The second-order valence-corrected chi connectivity index (χ2v) is 9.34. The third-order valence-corrected chi connectivity index (χ3v) is 7.04. The Kier molecular flexibility index (Phi) is 8.35. The van der Waals surface area contributed by atoms with Gasteiger partial charge < -0.3 is 8.97 Å². The summed E-state index contributed by atoms with van der Waals surface area (Å²) in [7, 11) is -3.65. The zero-order valence-corrected chi connectivity index (χ0v) is 20.5. The molecule has 9 heteroatoms. The van der Waals surface area contributed by atoms with Gasteiger partial charge in [-0.15, -0.1) is 10.2 Å². The molecular formula is C24H32N6O2S. The van der Waals surface area contributed by atoms with Gasteiger partial charge in [0.15, 0.2) is 0 Å². The second kappa shape index (κ2) is 11.2. The first kappa shape index (κ1) is 24.6. The Morgan fingerprint density at radius 1 is 1.06 bits per heavy atom. The highest BCUT2D eigenvalue weighted by Crippen LogP contribution is 2.27. The van der Waals surface area contributed by atoms with E-state index in [-0.39, 0.29) is 6.04 Å². The molecule has 1 aromatic carbocycles. The van der Waals surface area contributed by atoms with Crippen molar-refractivity contribution in [3.63, 3.8) is 0 Å². The molecule has 0 unspecified atom stereocenters. The Bertz CT molecular complexity index is 1270. The third-order valence-electron chi connectivity index (χ3n) is 5.36. The summed E-state index contributed by atoms with van der Waals surface area (Å²) >= 11 is 0. The van der Waals surface area contributed by atoms with E-state index in [0.717, 1.165) is 29.6 Å². The van der Waals surface area contributed by atoms with E-state index in [1.807, 2.05) is 66.4 Å². The lowest BCUT2D eigenvalue weighted by atomic mass is 10.0. The average molecular weight is 469 g/mol. The van der Waals surface area contributed by atoms with Crippen molar-refractivity contribution in [3.05, 3.63) is 67.1 Å². The van der Waals surface area contributed by atoms with Gasteiger partial charge in [-0.1, -0.05) is 33.3 Å². The molecule has 0 spiro atoms. The molecule has 0 radical (unpaired) electrons. The number of benzene rings is 1. The van der Waals surface area contributed by atoms with Crippen molar-refractivity contribution in [2.24, 2.45) is 0 Å². The number of sulfonamides is 1. The van der Waals surface area contributed by atoms with Crippen LogP contribution in [0.3, 0.4) is 0 Å². The fraction of sp³-hybridized carbons (Fsp3) is 0.375. The molecule has 4 aromatic rings. The van der Waals surface area contributed by atoms with E-state index >= 15 is 0 Å². The van der Waals surface area contributed by atoms with Crippen molar-refractivity contribution in [1.82, 2.24) is 28.9 Å². The molecular weight excluding hydrogens is 436 g/mol. The first-order valence-electron chi connectivity index (χ1n) is 11.4. The van der Waals surface area contributed by atoms with Crippen LogP contribution in [0.4, 0.5) is 0 Å². The van der Waals surface area contributed by atoms with Gasteiger partial charge in [0.05, 0.1) is 4.90 Å². The summed E-state index contributed by atoms with van der Waals surface area (Å²) in [5, 5.41) is 7.59. The van der Waals surface area contributed by atoms with Gasteiger partial charge in [0, 0.05) is 36.7 Å². The van der Waals surface area contributed by atoms with Gasteiger partial charge in [-0.05, 0) is 55.2 Å². The van der Waals surface area contributed by atoms with Crippen molar-refractivity contribution >= 4 is 15.7 Å². The van der Waals surface area contributed by atoms with Crippen LogP contribution in [0.2, 0.25) is 0 Å². The van der Waals surface area contributed by atoms with Crippen LogP contribution in [0.1, 0.15) is 45.6 Å². The SMILES string of the molecule is CC.CCC[C@@H](CCn1cnnc1)NS(=O)(=O)c1ccc(-c2cccn3ccnc23)cc1C. The summed E-state index contributed by atoms with van der Waals surface area (Å²) in [5.74, 6) is 0. The number of aryl methyl sites for hydroxylation is 2. The zero-order chi connectivity index (χ0) is 23.8. The van der Waals surface area contributed by atoms with E-state index in [1.165, 1.54) is 0 Å². The molecule has 0 bridgehead atoms. The van der Waals surface area contributed by atoms with Crippen LogP contribution < -0.4 is 4.72 Å². The van der Waals surface area contributed by atoms with Crippen LogP contribution in [0, 0.1) is 6.92 Å². The van der Waals surface area contributed by atoms with Crippen molar-refractivity contribution in [3.8, 4) is 11.1 Å². The number of imidazole rings is 1. The number of nitrogens with one attached hydrogen (secondary N) is 1. The van der Waals surface area contributed by atoms with Crippen LogP contribution in [0.15, 0.2) is 66.5 Å². The molecule has 0 saturated heterocycles. The second-order valence-electron chi connectivity index (χ2n) is 7.66. The molecule has 3 heterocycles. The molecule has 0 aliphatic rings. The van der Waals surface area contributed by atoms with Crippen molar-refractivity contribution in [1.29, 1.82) is 0 Å². The van der Waals surface area contributed by atoms with Crippen LogP contribution in [-0.4, -0.2) is 38.6 Å². The zero-order valence-electron chi connectivity index (χ0n) is 19.6. The molecule has 176 valence electrons. The van der Waals surface area contributed by atoms with Crippen LogP contribution >= 0.6 is 0 Å². The summed E-state index contributed by atoms with van der Waals surface area (Å²) in [6, 6.07) is 9.22. The van der Waals surface area contributed by atoms with Crippen molar-refractivity contribution in [2.45, 2.75) is 64.4 Å². The molecule has 8 nitrogen and oxygen atoms in total. The molecule has 4 rings (SSSR count). The van der Waals surface area contributed by atoms with E-state index in [9.17, 15) is 8.42 Å². The predicted octanol–water partition coefficient (Wildman–Crippen LogP) is 4.46. The first-order valence-corrected chi connectivity index (χ1v) is 12.8. The summed E-state index contributed by atoms with van der Waals surface area (Å²) in [6.07, 6.45) is 11.2. The molecule has 33 heavy (non-hydrogen) atoms. The quantitative estimate of drug-likeness (QED) is 0.391. The van der Waals surface area contributed by atoms with E-state index in [0.29, 0.717) is 23.4 Å². The largest absolute Gasteiger partial charge is 0.320 e. The van der Waals surface area contributed by atoms with Crippen LogP contribution in [0.5, 0.6) is 0 Å². The van der Waals surface area contributed by atoms with Gasteiger partial charge in [-0.3, -0.25) is 0 Å². The van der Waals surface area contributed by atoms with E-state index in [4.69, 9.17) is 0 Å². The fourth-order valence-electron chi connectivity index (χ4n) is 3.83. The predicted molar refractivity (Wildman–Crippen MR) is 130 cm³/mol. The van der Waals surface area contributed by atoms with Gasteiger partial charge in [0.25, 0.3) is 0 Å². The minimum absolute atomic E-state index is 0.157. The highest BCUT2D eigenvalue weighted by atomic mass is 32.2. The molecule has 0 amide bonds. The molecule has 0 aliphatic carbocycles. The molecule has 0 saturated carbocycles. The topological polar surface area (TPSA) is 94.2 Å². The summed E-state index contributed by atoms with van der Waals surface area (Å²) in [5.41, 5.74) is 3.44. The minimum atomic E-state index is -3.65. The maximum atomic E-state index is 13.2. The van der Waals surface area contributed by atoms with Crippen molar-refractivity contribution in [2.75, 3.05) is 0 Å². The van der Waals surface area contributed by atoms with Gasteiger partial charge in [-0.2, -0.15) is 0 Å². The van der Waals surface area contributed by atoms with Gasteiger partial charge in [0.2, 0.25) is 10.0 Å². The lowest BCUT2D eigenvalue weighted by molar-refractivity contribution is 0.466. The number of hydrogen-bond donors (Lipinski definition) is 1. The Hall–Kier alpha value is -3.04. The first-order chi connectivity index (χ1) is 16.0. The van der Waals surface area contributed by atoms with Crippen LogP contribution in [0.25, 0.3) is 16.8 Å². The minimum Gasteiger partial charge on any atom is -0.320 e. The standard InChI is InChI=1S/C22H26N6O2S.C2H6/c1-3-5-19(9-12-27-15-24-25-16-27)26-31(29,30)21-8-7-18(14-17(21)2)20-6-4-11-28-13-10-23-22(20)28;1-2/h4,6-8,10-11,13-16,19,26H,3,5,9,12H2,1-2H3;1-2H3/t19-;/m0./s1. The summed E-state index contributed by atoms with van der Waals surface area (Å²) < 4.78 is 33.0. The van der Waals surface area contributed by atoms with Crippen molar-refractivity contribution < 1.29 is 8.42 Å². The van der Waals surface area contributed by atoms with E-state index in [2.05, 4.69) is 26.8 Å². The Morgan fingerprint density at radius 2 is 1.82 bits per heavy atom. The molecule has 1 atom stereocenters. The third kappa shape index (κ3) is 5.85. The number of pyridine rings is 1. The molecule has 1 N–H and O–H groups in total. The van der Waals surface area contributed by atoms with E-state index in [1.54, 1.807) is 24.9 Å². The monoisotopic (exact) mass is 468 g/mol. The smallest absolute Gasteiger partial charge is 0.241 e. The number of nitrogens with zero attached hydrogens (tertiary/aromatic N) is 5. The molecule has 0 fully saturated rings. The van der Waals surface area contributed by atoms with Gasteiger partial charge in [0.1, 0.15) is 18.3 Å². The van der Waals surface area contributed by atoms with Crippen LogP contribution in [-0.2, 0) is 16.6 Å². The summed E-state index contributed by atoms with van der Waals surface area (Å²) in [6.45, 7) is 8.54. The number of rotatable bonds is 9. The van der Waals surface area contributed by atoms with E-state index < -0.39 is 10.0 Å². The Labute approximate surface area is 195 Å². The summed E-state index contributed by atoms with van der Waals surface area (Å²) in [4.78, 5) is 4.72. The number of aromatic nitrogens is 5. The Morgan fingerprint density at radius 3 is 2.52 bits per heavy atom. The molecule has 3 aromatic heterocycles.